The lowest BCUT2D eigenvalue weighted by Gasteiger charge is -2.31. The molecule has 1 amide bonds. The number of aldehydes is 1. The summed E-state index contributed by atoms with van der Waals surface area (Å²) in [6.45, 7) is 6.85. The zero-order chi connectivity index (χ0) is 46.1. The number of nitrogens with zero attached hydrogens (tertiary/aromatic N) is 4. The molecule has 2 aliphatic heterocycles. The molecule has 1 fully saturated rings. The van der Waals surface area contributed by atoms with Crippen LogP contribution in [0.5, 0.6) is 5.75 Å². The third kappa shape index (κ3) is 10.7. The highest BCUT2D eigenvalue weighted by atomic mass is 31.3. The number of hydrogen-bond donors (Lipinski definition) is 9. The van der Waals surface area contributed by atoms with Gasteiger partial charge in [-0.2, -0.15) is 8.62 Å². The minimum atomic E-state index is -5.87. The first-order valence-electron chi connectivity index (χ1n) is 18.9. The van der Waals surface area contributed by atoms with Gasteiger partial charge in [0.25, 0.3) is 0 Å². The van der Waals surface area contributed by atoms with Crippen LogP contribution in [0.25, 0.3) is 16.7 Å². The molecule has 0 bridgehead atoms. The maximum absolute atomic E-state index is 13.0. The molecule has 7 atom stereocenters. The number of allylic oxidation sites excluding steroid dienone is 2. The number of ether oxygens (including phenoxy) is 3. The summed E-state index contributed by atoms with van der Waals surface area (Å²) in [5.74, 6) is 0.997. The van der Waals surface area contributed by atoms with Crippen molar-refractivity contribution < 1.29 is 75.3 Å². The number of aromatic nitrogens is 4. The number of fused-ring (bicyclic) bond motifs is 3. The summed E-state index contributed by atoms with van der Waals surface area (Å²) >= 11 is 0. The quantitative estimate of drug-likeness (QED) is 0.0415. The van der Waals surface area contributed by atoms with Crippen LogP contribution in [0.3, 0.4) is 0 Å². The molecule has 7 rings (SSSR count). The molecule has 2 aromatic carbocycles. The zero-order valence-corrected chi connectivity index (χ0v) is 36.3. The van der Waals surface area contributed by atoms with Crippen LogP contribution in [0.1, 0.15) is 40.2 Å². The number of phosphoric acid groups is 3. The molecule has 0 saturated carbocycles. The molecule has 4 unspecified atom stereocenters. The van der Waals surface area contributed by atoms with Gasteiger partial charge < -0.3 is 60.6 Å². The van der Waals surface area contributed by atoms with Crippen molar-refractivity contribution in [3.05, 3.63) is 113 Å². The van der Waals surface area contributed by atoms with Crippen LogP contribution in [0.2, 0.25) is 0 Å². The Morgan fingerprint density at radius 2 is 1.73 bits per heavy atom. The summed E-state index contributed by atoms with van der Waals surface area (Å²) in [5, 5.41) is 19.8. The van der Waals surface area contributed by atoms with Gasteiger partial charge in [-0.3, -0.25) is 13.9 Å². The number of benzene rings is 2. The van der Waals surface area contributed by atoms with Crippen LogP contribution in [-0.4, -0.2) is 101 Å². The number of imidazole rings is 1. The van der Waals surface area contributed by atoms with E-state index in [1.54, 1.807) is 12.1 Å². The van der Waals surface area contributed by atoms with Gasteiger partial charge in [-0.05, 0) is 49.2 Å². The molecule has 24 nitrogen and oxygen atoms in total. The van der Waals surface area contributed by atoms with Gasteiger partial charge in [0.15, 0.2) is 30.1 Å². The SMILES string of the molecule is C=C(NCCNC(=O)OC1[C@@H](COP(=O)(O)OP(=O)(O)OP(=O)(O)O)O[C@@H](n2cnc3c(N)ncnc32)[C@H]1O)Nc1ccc(C2=C3C=CC(C)=CC3Oc3cc(C)ccc32)c(C=O)c1. The molecular weight excluding hydrogens is 905 g/mol. The second kappa shape index (κ2) is 18.5. The van der Waals surface area contributed by atoms with Crippen molar-refractivity contribution in [2.24, 2.45) is 0 Å². The number of carbonyl (C=O) groups excluding carboxylic acids is 2. The Morgan fingerprint density at radius 1 is 0.984 bits per heavy atom. The highest BCUT2D eigenvalue weighted by Gasteiger charge is 2.50. The molecule has 1 aliphatic carbocycles. The Bertz CT molecular complexity index is 2760. The topological polar surface area (TPSA) is 348 Å². The Labute approximate surface area is 362 Å². The number of amides is 1. The van der Waals surface area contributed by atoms with Crippen molar-refractivity contribution >= 4 is 64.1 Å². The van der Waals surface area contributed by atoms with E-state index < -0.39 is 60.7 Å². The maximum atomic E-state index is 13.0. The highest BCUT2D eigenvalue weighted by molar-refractivity contribution is 7.66. The molecule has 0 radical (unpaired) electrons. The van der Waals surface area contributed by atoms with Gasteiger partial charge >= 0.3 is 29.6 Å². The molecule has 4 aromatic rings. The number of alkyl carbamates (subject to hydrolysis) is 1. The van der Waals surface area contributed by atoms with Gasteiger partial charge in [0.05, 0.1) is 18.8 Å². The number of hydrogen-bond acceptors (Lipinski definition) is 18. The van der Waals surface area contributed by atoms with E-state index in [9.17, 15) is 38.2 Å². The lowest BCUT2D eigenvalue weighted by atomic mass is 9.83. The molecule has 64 heavy (non-hydrogen) atoms. The number of aliphatic hydroxyl groups excluding tert-OH is 1. The summed E-state index contributed by atoms with van der Waals surface area (Å²) in [7, 11) is -17.2. The van der Waals surface area contributed by atoms with Crippen LogP contribution in [0.4, 0.5) is 16.3 Å². The van der Waals surface area contributed by atoms with E-state index in [0.29, 0.717) is 28.4 Å². The second-order valence-electron chi connectivity index (χ2n) is 14.4. The average molecular weight is 947 g/mol. The number of nitrogens with two attached hydrogens (primary N) is 1. The first-order valence-corrected chi connectivity index (χ1v) is 23.4. The zero-order valence-electron chi connectivity index (χ0n) is 33.6. The minimum absolute atomic E-state index is 0.0174. The molecule has 1 saturated heterocycles. The van der Waals surface area contributed by atoms with E-state index in [0.717, 1.165) is 40.5 Å². The van der Waals surface area contributed by atoms with E-state index >= 15 is 0 Å². The van der Waals surface area contributed by atoms with E-state index in [1.165, 1.54) is 10.9 Å². The predicted octanol–water partition coefficient (Wildman–Crippen LogP) is 3.48. The smallest absolute Gasteiger partial charge is 0.481 e. The van der Waals surface area contributed by atoms with Gasteiger partial charge in [0, 0.05) is 41.1 Å². The standard InChI is InChI=1S/C37H41N8O16P3/c1-19-4-7-25-27(12-19)57-28-13-20(2)5-8-26(28)30(25)24-9-6-23(14-22(24)15-46)44-21(3)39-10-11-40-37(48)59-33-29(16-56-63(52,53)61-64(54,55)60-62(49,50)51)58-36(32(33)47)45-18-43-31-34(38)41-17-42-35(31)45/h4-9,12-15,17-18,27,29,32-33,36,39,44,47H,3,10-11,16H2,1-2H3,(H,40,48)(H,52,53)(H,54,55)(H2,38,41,42)(H2,49,50,51)/t27?,29-,32+,33?,36-/m1/s1. The van der Waals surface area contributed by atoms with Gasteiger partial charge in [0.1, 0.15) is 35.9 Å². The number of carbonyl (C=O) groups is 2. The van der Waals surface area contributed by atoms with Gasteiger partial charge in [-0.25, -0.2) is 33.4 Å². The molecule has 0 spiro atoms. The summed E-state index contributed by atoms with van der Waals surface area (Å²) in [6, 6.07) is 11.2. The normalized spacial score (nSPS) is 22.3. The van der Waals surface area contributed by atoms with Crippen molar-refractivity contribution in [2.45, 2.75) is 44.5 Å². The summed E-state index contributed by atoms with van der Waals surface area (Å²) in [5.41, 5.74) is 12.5. The lowest BCUT2D eigenvalue weighted by Crippen LogP contribution is -2.42. The summed E-state index contributed by atoms with van der Waals surface area (Å²) in [6.07, 6.45) is 1.17. The van der Waals surface area contributed by atoms with Crippen molar-refractivity contribution in [3.63, 3.8) is 0 Å². The first kappa shape index (κ1) is 46.4. The van der Waals surface area contributed by atoms with E-state index in [1.807, 2.05) is 56.3 Å². The van der Waals surface area contributed by atoms with E-state index in [4.69, 9.17) is 34.3 Å². The molecule has 10 N–H and O–H groups in total. The van der Waals surface area contributed by atoms with E-state index in [-0.39, 0.29) is 36.2 Å². The number of aryl methyl sites for hydroxylation is 1. The van der Waals surface area contributed by atoms with Gasteiger partial charge in [-0.1, -0.05) is 42.5 Å². The number of rotatable bonds is 17. The van der Waals surface area contributed by atoms with Crippen molar-refractivity contribution in [1.29, 1.82) is 0 Å². The van der Waals surface area contributed by atoms with Gasteiger partial charge in [-0.15, -0.1) is 0 Å². The fourth-order valence-corrected chi connectivity index (χ4v) is 10.1. The fourth-order valence-electron chi connectivity index (χ4n) is 7.03. The fraction of sp³-hybridized carbons (Fsp3) is 0.270. The monoisotopic (exact) mass is 946 g/mol. The number of nitrogens with one attached hydrogen (secondary N) is 3. The Hall–Kier alpha value is -5.58. The number of phosphoric ester groups is 1. The van der Waals surface area contributed by atoms with Crippen LogP contribution in [-0.2, 0) is 36.3 Å². The van der Waals surface area contributed by atoms with Crippen LogP contribution >= 0.6 is 23.5 Å². The highest BCUT2D eigenvalue weighted by Crippen LogP contribution is 2.66. The van der Waals surface area contributed by atoms with Crippen LogP contribution in [0, 0.1) is 6.92 Å². The first-order chi connectivity index (χ1) is 30.2. The Morgan fingerprint density at radius 3 is 2.48 bits per heavy atom. The lowest BCUT2D eigenvalue weighted by molar-refractivity contribution is -0.0508. The molecule has 340 valence electrons. The third-order valence-corrected chi connectivity index (χ3v) is 13.5. The number of nitrogen functional groups attached to an aromatic ring is 1. The van der Waals surface area contributed by atoms with Crippen molar-refractivity contribution in [3.8, 4) is 5.75 Å². The summed E-state index contributed by atoms with van der Waals surface area (Å²) < 4.78 is 66.3. The Kier molecular flexibility index (Phi) is 13.4. The molecule has 4 heterocycles. The molecular formula is C37H41N8O16P3. The van der Waals surface area contributed by atoms with Crippen molar-refractivity contribution in [2.75, 3.05) is 30.7 Å². The second-order valence-corrected chi connectivity index (χ2v) is 18.8. The van der Waals surface area contributed by atoms with E-state index in [2.05, 4.69) is 46.1 Å². The average Bonchev–Trinajstić information content (AvgIpc) is 3.77. The molecule has 27 heteroatoms. The third-order valence-electron chi connectivity index (χ3n) is 9.70. The van der Waals surface area contributed by atoms with Crippen molar-refractivity contribution in [1.82, 2.24) is 30.2 Å². The summed E-state index contributed by atoms with van der Waals surface area (Å²) in [4.78, 5) is 74.7. The maximum Gasteiger partial charge on any atom is 0.490 e. The molecule has 3 aliphatic rings. The predicted molar refractivity (Wildman–Crippen MR) is 225 cm³/mol. The largest absolute Gasteiger partial charge is 0.490 e. The van der Waals surface area contributed by atoms with Crippen LogP contribution < -0.4 is 26.4 Å². The van der Waals surface area contributed by atoms with Gasteiger partial charge in [0.2, 0.25) is 0 Å². The number of anilines is 2. The number of aliphatic hydroxyl groups is 1. The molecule has 2 aromatic heterocycles. The minimum Gasteiger partial charge on any atom is -0.481 e. The Balaban J connectivity index is 0.977. The van der Waals surface area contributed by atoms with Crippen LogP contribution in [0.15, 0.2) is 90.8 Å².